The Balaban J connectivity index is 2.48. The van der Waals surface area contributed by atoms with Crippen molar-refractivity contribution in [1.82, 2.24) is 0 Å². The van der Waals surface area contributed by atoms with Crippen molar-refractivity contribution in [1.29, 1.82) is 0 Å². The minimum Gasteiger partial charge on any atom is -0.450 e. The van der Waals surface area contributed by atoms with Gasteiger partial charge in [-0.15, -0.1) is 0 Å². The van der Waals surface area contributed by atoms with Crippen molar-refractivity contribution in [2.24, 2.45) is 0 Å². The van der Waals surface area contributed by atoms with E-state index in [2.05, 4.69) is 6.92 Å². The zero-order valence-electron chi connectivity index (χ0n) is 26.3. The first kappa shape index (κ1) is 38.9. The van der Waals surface area contributed by atoms with Crippen LogP contribution in [0.5, 0.6) is 0 Å². The number of ketones is 1. The second kappa shape index (κ2) is 25.2. The highest BCUT2D eigenvalue weighted by atomic mass is 16.6. The number of rotatable bonds is 29. The molecule has 0 aliphatic carbocycles. The van der Waals surface area contributed by atoms with E-state index in [9.17, 15) is 30.0 Å². The SMILES string of the molecule is CCCCCCCCCCCCCCCCOC(CO)C(CC(O)COCCCC)OC1C(=O)C(=O)O[C@@H]1[C@@H](O)CO. The Hall–Kier alpha value is -1.14. The van der Waals surface area contributed by atoms with Crippen LogP contribution in [-0.2, 0) is 28.5 Å². The first-order chi connectivity index (χ1) is 20.4. The Morgan fingerprint density at radius 2 is 1.26 bits per heavy atom. The van der Waals surface area contributed by atoms with Gasteiger partial charge in [-0.25, -0.2) is 4.79 Å². The number of hydrogen-bond donors (Lipinski definition) is 4. The second-order valence-electron chi connectivity index (χ2n) is 11.6. The molecule has 0 bridgehead atoms. The van der Waals surface area contributed by atoms with E-state index in [4.69, 9.17) is 18.9 Å². The number of aliphatic hydroxyl groups is 4. The maximum Gasteiger partial charge on any atom is 0.378 e. The zero-order chi connectivity index (χ0) is 31.0. The summed E-state index contributed by atoms with van der Waals surface area (Å²) < 4.78 is 22.2. The number of unbranched alkanes of at least 4 members (excludes halogenated alkanes) is 14. The van der Waals surface area contributed by atoms with E-state index in [0.717, 1.165) is 32.1 Å². The van der Waals surface area contributed by atoms with Crippen LogP contribution >= 0.6 is 0 Å². The van der Waals surface area contributed by atoms with E-state index in [1.807, 2.05) is 6.92 Å². The number of ether oxygens (including phenoxy) is 4. The fourth-order valence-electron chi connectivity index (χ4n) is 5.13. The van der Waals surface area contributed by atoms with Crippen molar-refractivity contribution < 1.29 is 49.0 Å². The van der Waals surface area contributed by atoms with Gasteiger partial charge in [-0.05, 0) is 12.8 Å². The Bertz CT molecular complexity index is 676. The maximum absolute atomic E-state index is 12.4. The average Bonchev–Trinajstić information content (AvgIpc) is 3.27. The summed E-state index contributed by atoms with van der Waals surface area (Å²) in [5, 5.41) is 40.1. The summed E-state index contributed by atoms with van der Waals surface area (Å²) in [5.41, 5.74) is 0. The van der Waals surface area contributed by atoms with Crippen molar-refractivity contribution in [2.45, 2.75) is 160 Å². The lowest BCUT2D eigenvalue weighted by molar-refractivity contribution is -0.165. The van der Waals surface area contributed by atoms with Crippen LogP contribution in [0.1, 0.15) is 123 Å². The molecule has 1 fully saturated rings. The summed E-state index contributed by atoms with van der Waals surface area (Å²) in [7, 11) is 0. The van der Waals surface area contributed by atoms with E-state index in [1.165, 1.54) is 70.6 Å². The second-order valence-corrected chi connectivity index (χ2v) is 11.6. The topological polar surface area (TPSA) is 152 Å². The van der Waals surface area contributed by atoms with Crippen LogP contribution in [0.15, 0.2) is 0 Å². The summed E-state index contributed by atoms with van der Waals surface area (Å²) in [4.78, 5) is 24.3. The molecule has 248 valence electrons. The van der Waals surface area contributed by atoms with Crippen LogP contribution < -0.4 is 0 Å². The van der Waals surface area contributed by atoms with Crippen molar-refractivity contribution in [2.75, 3.05) is 33.0 Å². The molecule has 4 N–H and O–H groups in total. The van der Waals surface area contributed by atoms with Gasteiger partial charge in [-0.2, -0.15) is 0 Å². The van der Waals surface area contributed by atoms with Gasteiger partial charge in [0.1, 0.15) is 12.2 Å². The van der Waals surface area contributed by atoms with Gasteiger partial charge in [-0.3, -0.25) is 4.79 Å². The molecular formula is C32H60O10. The highest BCUT2D eigenvalue weighted by Gasteiger charge is 2.49. The molecule has 10 heteroatoms. The minimum absolute atomic E-state index is 0.0317. The lowest BCUT2D eigenvalue weighted by Crippen LogP contribution is -2.47. The number of carbonyl (C=O) groups excluding carboxylic acids is 2. The molecule has 1 rings (SSSR count). The van der Waals surface area contributed by atoms with Crippen LogP contribution in [0, 0.1) is 0 Å². The molecule has 1 aliphatic heterocycles. The Morgan fingerprint density at radius 1 is 0.714 bits per heavy atom. The molecule has 0 aromatic heterocycles. The Kier molecular flexibility index (Phi) is 23.3. The van der Waals surface area contributed by atoms with Crippen LogP contribution in [-0.4, -0.2) is 102 Å². The van der Waals surface area contributed by atoms with Crippen molar-refractivity contribution in [3.05, 3.63) is 0 Å². The highest BCUT2D eigenvalue weighted by molar-refractivity contribution is 6.37. The number of carbonyl (C=O) groups is 2. The maximum atomic E-state index is 12.4. The normalized spacial score (nSPS) is 20.0. The Morgan fingerprint density at radius 3 is 1.79 bits per heavy atom. The van der Waals surface area contributed by atoms with Gasteiger partial charge in [0.25, 0.3) is 5.78 Å². The quantitative estimate of drug-likeness (QED) is 0.0560. The standard InChI is InChI=1S/C32H60O10/c1-3-5-7-8-9-10-11-12-13-14-15-16-17-18-20-40-28(23-34)27(21-25(35)24-39-19-6-4-2)41-31-29(37)32(38)42-30(31)26(36)22-33/h25-28,30-31,33-36H,3-24H2,1-2H3/t25?,26-,27?,28?,30+,31?/m0/s1. The first-order valence-electron chi connectivity index (χ1n) is 16.6. The molecule has 0 spiro atoms. The average molecular weight is 605 g/mol. The third-order valence-corrected chi connectivity index (χ3v) is 7.77. The number of hydrogen-bond acceptors (Lipinski definition) is 10. The summed E-state index contributed by atoms with van der Waals surface area (Å²) in [5.74, 6) is -2.15. The third kappa shape index (κ3) is 16.6. The smallest absolute Gasteiger partial charge is 0.378 e. The molecule has 42 heavy (non-hydrogen) atoms. The molecular weight excluding hydrogens is 544 g/mol. The summed E-state index contributed by atoms with van der Waals surface area (Å²) in [6.07, 6.45) is 11.9. The van der Waals surface area contributed by atoms with Crippen molar-refractivity contribution >= 4 is 11.8 Å². The van der Waals surface area contributed by atoms with Crippen LogP contribution in [0.3, 0.4) is 0 Å². The van der Waals surface area contributed by atoms with Gasteiger partial charge in [0, 0.05) is 19.6 Å². The van der Waals surface area contributed by atoms with Gasteiger partial charge >= 0.3 is 5.97 Å². The first-order valence-corrected chi connectivity index (χ1v) is 16.6. The summed E-state index contributed by atoms with van der Waals surface area (Å²) in [6.45, 7) is 4.00. The van der Waals surface area contributed by atoms with Gasteiger partial charge in [0.05, 0.1) is 32.0 Å². The van der Waals surface area contributed by atoms with Crippen LogP contribution in [0.25, 0.3) is 0 Å². The summed E-state index contributed by atoms with van der Waals surface area (Å²) >= 11 is 0. The van der Waals surface area contributed by atoms with E-state index < -0.39 is 61.6 Å². The van der Waals surface area contributed by atoms with Gasteiger partial charge in [-0.1, -0.05) is 104 Å². The number of aliphatic hydroxyl groups excluding tert-OH is 4. The molecule has 6 atom stereocenters. The molecule has 1 heterocycles. The lowest BCUT2D eigenvalue weighted by atomic mass is 10.0. The molecule has 0 aromatic rings. The molecule has 0 saturated carbocycles. The predicted octanol–water partition coefficient (Wildman–Crippen LogP) is 4.01. The van der Waals surface area contributed by atoms with E-state index in [1.54, 1.807) is 0 Å². The summed E-state index contributed by atoms with van der Waals surface area (Å²) in [6, 6.07) is 0. The van der Waals surface area contributed by atoms with Crippen molar-refractivity contribution in [3.63, 3.8) is 0 Å². The monoisotopic (exact) mass is 604 g/mol. The minimum atomic E-state index is -1.52. The molecule has 1 aliphatic rings. The molecule has 0 amide bonds. The number of cyclic esters (lactones) is 1. The number of Topliss-reactive ketones (excluding diaryl/α,β-unsaturated/α-hetero) is 1. The van der Waals surface area contributed by atoms with Crippen LogP contribution in [0.2, 0.25) is 0 Å². The van der Waals surface area contributed by atoms with Gasteiger partial charge in [0.2, 0.25) is 0 Å². The van der Waals surface area contributed by atoms with E-state index >= 15 is 0 Å². The molecule has 1 saturated heterocycles. The fourth-order valence-corrected chi connectivity index (χ4v) is 5.13. The van der Waals surface area contributed by atoms with Gasteiger partial charge < -0.3 is 39.4 Å². The fraction of sp³-hybridized carbons (Fsp3) is 0.938. The highest BCUT2D eigenvalue weighted by Crippen LogP contribution is 2.24. The van der Waals surface area contributed by atoms with Crippen molar-refractivity contribution in [3.8, 4) is 0 Å². The zero-order valence-corrected chi connectivity index (χ0v) is 26.3. The third-order valence-electron chi connectivity index (χ3n) is 7.77. The molecule has 10 nitrogen and oxygen atoms in total. The molecule has 0 aromatic carbocycles. The molecule has 4 unspecified atom stereocenters. The van der Waals surface area contributed by atoms with E-state index in [0.29, 0.717) is 13.2 Å². The van der Waals surface area contributed by atoms with Crippen LogP contribution in [0.4, 0.5) is 0 Å². The predicted molar refractivity (Wildman–Crippen MR) is 160 cm³/mol. The molecule has 0 radical (unpaired) electrons. The largest absolute Gasteiger partial charge is 0.450 e. The lowest BCUT2D eigenvalue weighted by Gasteiger charge is -2.31. The van der Waals surface area contributed by atoms with E-state index in [-0.39, 0.29) is 13.0 Å². The Labute approximate surface area is 253 Å². The van der Waals surface area contributed by atoms with Gasteiger partial charge in [0.15, 0.2) is 12.2 Å². The number of esters is 1.